The molecule has 2 aromatic heterocycles. The number of carbonyl (C=O) groups excluding carboxylic acids is 1. The van der Waals surface area contributed by atoms with Gasteiger partial charge in [-0.25, -0.2) is 4.98 Å². The fourth-order valence-corrected chi connectivity index (χ4v) is 3.59. The molecule has 0 spiro atoms. The molecule has 2 heterocycles. The van der Waals surface area contributed by atoms with E-state index in [1.54, 1.807) is 11.3 Å². The highest BCUT2D eigenvalue weighted by Gasteiger charge is 2.12. The van der Waals surface area contributed by atoms with Gasteiger partial charge in [0.25, 0.3) is 5.91 Å². The van der Waals surface area contributed by atoms with Gasteiger partial charge in [-0.1, -0.05) is 11.3 Å². The molecule has 1 amide bonds. The SMILES string of the molecule is Cc1ccc(C)n1-c1nc2ccc(C(=O)NC(C)C)cc2s1. The van der Waals surface area contributed by atoms with Crippen LogP contribution in [-0.2, 0) is 0 Å². The second-order valence-electron chi connectivity index (χ2n) is 5.76. The molecule has 0 saturated heterocycles. The van der Waals surface area contributed by atoms with Gasteiger partial charge in [0.1, 0.15) is 0 Å². The quantitative estimate of drug-likeness (QED) is 0.798. The number of nitrogens with zero attached hydrogens (tertiary/aromatic N) is 2. The van der Waals surface area contributed by atoms with Crippen molar-refractivity contribution in [2.45, 2.75) is 33.7 Å². The van der Waals surface area contributed by atoms with E-state index in [4.69, 9.17) is 0 Å². The van der Waals surface area contributed by atoms with Crippen LogP contribution in [0.3, 0.4) is 0 Å². The number of rotatable bonds is 3. The minimum absolute atomic E-state index is 0.0415. The van der Waals surface area contributed by atoms with Gasteiger partial charge in [-0.2, -0.15) is 0 Å². The largest absolute Gasteiger partial charge is 0.350 e. The first kappa shape index (κ1) is 14.8. The molecule has 0 unspecified atom stereocenters. The molecule has 0 aliphatic carbocycles. The fourth-order valence-electron chi connectivity index (χ4n) is 2.47. The monoisotopic (exact) mass is 313 g/mol. The van der Waals surface area contributed by atoms with Crippen LogP contribution in [0.15, 0.2) is 30.3 Å². The number of aryl methyl sites for hydroxylation is 2. The van der Waals surface area contributed by atoms with Crippen molar-refractivity contribution in [1.29, 1.82) is 0 Å². The van der Waals surface area contributed by atoms with Crippen LogP contribution < -0.4 is 5.32 Å². The van der Waals surface area contributed by atoms with Crippen LogP contribution in [0.5, 0.6) is 0 Å². The maximum Gasteiger partial charge on any atom is 0.251 e. The summed E-state index contributed by atoms with van der Waals surface area (Å²) in [5.74, 6) is -0.0415. The molecule has 1 aromatic carbocycles. The van der Waals surface area contributed by atoms with Crippen molar-refractivity contribution in [3.63, 3.8) is 0 Å². The van der Waals surface area contributed by atoms with Gasteiger partial charge in [0.2, 0.25) is 0 Å². The molecule has 5 heteroatoms. The number of nitrogens with one attached hydrogen (secondary N) is 1. The minimum Gasteiger partial charge on any atom is -0.350 e. The topological polar surface area (TPSA) is 46.9 Å². The van der Waals surface area contributed by atoms with E-state index in [1.165, 1.54) is 0 Å². The standard InChI is InChI=1S/C17H19N3OS/c1-10(2)18-16(21)13-7-8-14-15(9-13)22-17(19-14)20-11(3)5-6-12(20)4/h5-10H,1-4H3,(H,18,21). The van der Waals surface area contributed by atoms with Crippen LogP contribution in [0.25, 0.3) is 15.3 Å². The summed E-state index contributed by atoms with van der Waals surface area (Å²) in [6.07, 6.45) is 0. The van der Waals surface area contributed by atoms with E-state index < -0.39 is 0 Å². The normalized spacial score (nSPS) is 11.3. The number of hydrogen-bond donors (Lipinski definition) is 1. The molecule has 3 aromatic rings. The zero-order valence-corrected chi connectivity index (χ0v) is 14.0. The predicted octanol–water partition coefficient (Wildman–Crippen LogP) is 3.84. The predicted molar refractivity (Wildman–Crippen MR) is 91.0 cm³/mol. The molecular formula is C17H19N3OS. The molecule has 0 atom stereocenters. The van der Waals surface area contributed by atoms with Gasteiger partial charge < -0.3 is 5.32 Å². The summed E-state index contributed by atoms with van der Waals surface area (Å²) in [7, 11) is 0. The molecule has 4 nitrogen and oxygen atoms in total. The molecule has 0 fully saturated rings. The lowest BCUT2D eigenvalue weighted by Gasteiger charge is -2.07. The smallest absolute Gasteiger partial charge is 0.251 e. The Morgan fingerprint density at radius 1 is 1.18 bits per heavy atom. The molecule has 0 aliphatic rings. The van der Waals surface area contributed by atoms with Crippen molar-refractivity contribution < 1.29 is 4.79 Å². The molecule has 0 bridgehead atoms. The summed E-state index contributed by atoms with van der Waals surface area (Å²) in [6.45, 7) is 8.05. The second kappa shape index (κ2) is 5.57. The number of fused-ring (bicyclic) bond motifs is 1. The number of benzene rings is 1. The summed E-state index contributed by atoms with van der Waals surface area (Å²) in [5.41, 5.74) is 3.93. The highest BCUT2D eigenvalue weighted by atomic mass is 32.1. The van der Waals surface area contributed by atoms with Crippen LogP contribution >= 0.6 is 11.3 Å². The van der Waals surface area contributed by atoms with Crippen molar-refractivity contribution in [3.8, 4) is 5.13 Å². The fraction of sp³-hybridized carbons (Fsp3) is 0.294. The number of aromatic nitrogens is 2. The minimum atomic E-state index is -0.0415. The van der Waals surface area contributed by atoms with Gasteiger partial charge in [0.05, 0.1) is 10.2 Å². The van der Waals surface area contributed by atoms with E-state index in [0.29, 0.717) is 5.56 Å². The number of carbonyl (C=O) groups is 1. The van der Waals surface area contributed by atoms with Gasteiger partial charge in [-0.05, 0) is 58.0 Å². The van der Waals surface area contributed by atoms with Gasteiger partial charge in [-0.15, -0.1) is 0 Å². The van der Waals surface area contributed by atoms with E-state index in [-0.39, 0.29) is 11.9 Å². The molecule has 3 rings (SSSR count). The van der Waals surface area contributed by atoms with Crippen LogP contribution in [0.1, 0.15) is 35.6 Å². The van der Waals surface area contributed by atoms with E-state index in [9.17, 15) is 4.79 Å². The summed E-state index contributed by atoms with van der Waals surface area (Å²) >= 11 is 1.61. The maximum absolute atomic E-state index is 12.1. The zero-order valence-electron chi connectivity index (χ0n) is 13.2. The molecule has 22 heavy (non-hydrogen) atoms. The van der Waals surface area contributed by atoms with E-state index >= 15 is 0 Å². The molecular weight excluding hydrogens is 294 g/mol. The van der Waals surface area contributed by atoms with Gasteiger partial charge >= 0.3 is 0 Å². The number of amides is 1. The Balaban J connectivity index is 2.02. The van der Waals surface area contributed by atoms with Crippen LogP contribution in [-0.4, -0.2) is 21.5 Å². The summed E-state index contributed by atoms with van der Waals surface area (Å²) in [4.78, 5) is 16.8. The van der Waals surface area contributed by atoms with Crippen molar-refractivity contribution in [2.24, 2.45) is 0 Å². The number of thiazole rings is 1. The molecule has 0 saturated carbocycles. The van der Waals surface area contributed by atoms with E-state index in [1.807, 2.05) is 32.0 Å². The first-order chi connectivity index (χ1) is 10.5. The first-order valence-corrected chi connectivity index (χ1v) is 8.14. The molecule has 1 N–H and O–H groups in total. The van der Waals surface area contributed by atoms with Crippen molar-refractivity contribution in [1.82, 2.24) is 14.9 Å². The molecule has 0 radical (unpaired) electrons. The van der Waals surface area contributed by atoms with Crippen molar-refractivity contribution in [2.75, 3.05) is 0 Å². The van der Waals surface area contributed by atoms with Crippen LogP contribution in [0.2, 0.25) is 0 Å². The molecule has 0 aliphatic heterocycles. The third-order valence-corrected chi connectivity index (χ3v) is 4.52. The summed E-state index contributed by atoms with van der Waals surface area (Å²) < 4.78 is 3.16. The van der Waals surface area contributed by atoms with Crippen molar-refractivity contribution in [3.05, 3.63) is 47.3 Å². The Labute approximate surface area is 133 Å². The third kappa shape index (κ3) is 2.64. The lowest BCUT2D eigenvalue weighted by Crippen LogP contribution is -2.29. The number of hydrogen-bond acceptors (Lipinski definition) is 3. The average Bonchev–Trinajstić information content (AvgIpc) is 3.00. The summed E-state index contributed by atoms with van der Waals surface area (Å²) in [6, 6.07) is 9.97. The second-order valence-corrected chi connectivity index (χ2v) is 6.77. The lowest BCUT2D eigenvalue weighted by atomic mass is 10.2. The Hall–Kier alpha value is -2.14. The Morgan fingerprint density at radius 2 is 1.86 bits per heavy atom. The lowest BCUT2D eigenvalue weighted by molar-refractivity contribution is 0.0943. The highest BCUT2D eigenvalue weighted by molar-refractivity contribution is 7.20. The van der Waals surface area contributed by atoms with Crippen molar-refractivity contribution >= 4 is 27.5 Å². The van der Waals surface area contributed by atoms with Gasteiger partial charge in [0.15, 0.2) is 5.13 Å². The summed E-state index contributed by atoms with van der Waals surface area (Å²) in [5, 5.41) is 3.86. The first-order valence-electron chi connectivity index (χ1n) is 7.32. The Morgan fingerprint density at radius 3 is 2.50 bits per heavy atom. The zero-order chi connectivity index (χ0) is 15.9. The Kier molecular flexibility index (Phi) is 3.74. The maximum atomic E-state index is 12.1. The van der Waals surface area contributed by atoms with Gasteiger partial charge in [-0.3, -0.25) is 9.36 Å². The Bertz CT molecular complexity index is 825. The average molecular weight is 313 g/mol. The van der Waals surface area contributed by atoms with Crippen LogP contribution in [0, 0.1) is 13.8 Å². The van der Waals surface area contributed by atoms with Crippen LogP contribution in [0.4, 0.5) is 0 Å². The highest BCUT2D eigenvalue weighted by Crippen LogP contribution is 2.28. The molecule has 114 valence electrons. The van der Waals surface area contributed by atoms with E-state index in [2.05, 4.69) is 40.8 Å². The van der Waals surface area contributed by atoms with E-state index in [0.717, 1.165) is 26.7 Å². The third-order valence-electron chi connectivity index (χ3n) is 3.52. The van der Waals surface area contributed by atoms with Gasteiger partial charge in [0, 0.05) is 23.0 Å².